The van der Waals surface area contributed by atoms with Gasteiger partial charge in [0.25, 0.3) is 0 Å². The topological polar surface area (TPSA) is 97.6 Å². The van der Waals surface area contributed by atoms with Gasteiger partial charge >= 0.3 is 17.7 Å². The third kappa shape index (κ3) is 4.50. The molecule has 2 amide bonds. The number of rotatable bonds is 7. The molecular weight excluding hydrogens is 434 g/mol. The Bertz CT molecular complexity index is 1250. The van der Waals surface area contributed by atoms with Crippen LogP contribution in [0, 0.1) is 0 Å². The van der Waals surface area contributed by atoms with Crippen molar-refractivity contribution in [2.45, 2.75) is 46.7 Å². The first-order valence-corrected chi connectivity index (χ1v) is 11.8. The normalized spacial score (nSPS) is 13.3. The Labute approximate surface area is 198 Å². The lowest BCUT2D eigenvalue weighted by Crippen LogP contribution is -2.24. The molecule has 4 rings (SSSR count). The van der Waals surface area contributed by atoms with Crippen LogP contribution < -0.4 is 21.2 Å². The zero-order valence-corrected chi connectivity index (χ0v) is 19.9. The number of nitrogens with zero attached hydrogens (tertiary/aromatic N) is 3. The van der Waals surface area contributed by atoms with E-state index in [9.17, 15) is 14.4 Å². The fourth-order valence-corrected chi connectivity index (χ4v) is 4.47. The van der Waals surface area contributed by atoms with Gasteiger partial charge in [0.05, 0.1) is 34.6 Å². The summed E-state index contributed by atoms with van der Waals surface area (Å²) >= 11 is 0. The molecule has 1 aliphatic heterocycles. The number of carbonyl (C=O) groups is 2. The minimum absolute atomic E-state index is 0.0457. The second kappa shape index (κ2) is 10.0. The van der Waals surface area contributed by atoms with Crippen LogP contribution >= 0.6 is 0 Å². The molecule has 180 valence electrons. The third-order valence-electron chi connectivity index (χ3n) is 6.12. The van der Waals surface area contributed by atoms with Crippen LogP contribution in [0.15, 0.2) is 41.2 Å². The van der Waals surface area contributed by atoms with Gasteiger partial charge in [-0.05, 0) is 70.0 Å². The molecule has 1 aliphatic rings. The maximum atomic E-state index is 12.9. The van der Waals surface area contributed by atoms with E-state index in [0.717, 1.165) is 42.7 Å². The van der Waals surface area contributed by atoms with Gasteiger partial charge in [0, 0.05) is 31.9 Å². The summed E-state index contributed by atoms with van der Waals surface area (Å²) in [5.41, 5.74) is 4.17. The van der Waals surface area contributed by atoms with Crippen molar-refractivity contribution in [1.29, 1.82) is 0 Å². The highest BCUT2D eigenvalue weighted by atomic mass is 16.5. The molecule has 2 aromatic carbocycles. The van der Waals surface area contributed by atoms with Crippen LogP contribution in [0.3, 0.4) is 0 Å². The molecule has 0 spiro atoms. The second-order valence-corrected chi connectivity index (χ2v) is 8.20. The monoisotopic (exact) mass is 465 g/mol. The highest BCUT2D eigenvalue weighted by Crippen LogP contribution is 2.33. The molecular formula is C25H31N5O4. The smallest absolute Gasteiger partial charge is 0.338 e. The van der Waals surface area contributed by atoms with Crippen molar-refractivity contribution in [3.63, 3.8) is 0 Å². The van der Waals surface area contributed by atoms with Gasteiger partial charge in [0.15, 0.2) is 0 Å². The molecule has 9 nitrogen and oxygen atoms in total. The highest BCUT2D eigenvalue weighted by molar-refractivity contribution is 6.04. The second-order valence-electron chi connectivity index (χ2n) is 8.20. The number of hydrogen-bond acceptors (Lipinski definition) is 5. The molecule has 0 atom stereocenters. The zero-order valence-electron chi connectivity index (χ0n) is 19.9. The summed E-state index contributed by atoms with van der Waals surface area (Å²) in [5, 5.41) is 5.79. The van der Waals surface area contributed by atoms with Gasteiger partial charge in [-0.25, -0.2) is 14.4 Å². The molecule has 9 heteroatoms. The average molecular weight is 466 g/mol. The number of nitrogens with one attached hydrogen (secondary N) is 2. The molecule has 1 aromatic heterocycles. The number of hydrogen-bond donors (Lipinski definition) is 2. The zero-order chi connectivity index (χ0) is 24.2. The van der Waals surface area contributed by atoms with E-state index in [1.807, 2.05) is 26.0 Å². The number of ether oxygens (including phenoxy) is 1. The van der Waals surface area contributed by atoms with Crippen LogP contribution in [0.4, 0.5) is 21.9 Å². The Kier molecular flexibility index (Phi) is 6.90. The van der Waals surface area contributed by atoms with Gasteiger partial charge in [-0.1, -0.05) is 0 Å². The van der Waals surface area contributed by atoms with Crippen LogP contribution in [0.1, 0.15) is 44.0 Å². The molecule has 3 aromatic rings. The molecule has 1 saturated heterocycles. The number of urea groups is 1. The quantitative estimate of drug-likeness (QED) is 0.508. The van der Waals surface area contributed by atoms with E-state index in [0.29, 0.717) is 36.6 Å². The predicted molar refractivity (Wildman–Crippen MR) is 134 cm³/mol. The molecule has 0 radical (unpaired) electrons. The Morgan fingerprint density at radius 1 is 0.912 bits per heavy atom. The van der Waals surface area contributed by atoms with Gasteiger partial charge in [-0.2, -0.15) is 0 Å². The third-order valence-corrected chi connectivity index (χ3v) is 6.12. The lowest BCUT2D eigenvalue weighted by molar-refractivity contribution is 0.0526. The summed E-state index contributed by atoms with van der Waals surface area (Å²) in [7, 11) is 0. The van der Waals surface area contributed by atoms with Crippen molar-refractivity contribution >= 4 is 40.1 Å². The Balaban J connectivity index is 1.63. The van der Waals surface area contributed by atoms with Crippen molar-refractivity contribution in [2.24, 2.45) is 0 Å². The largest absolute Gasteiger partial charge is 0.462 e. The molecule has 0 saturated carbocycles. The number of esters is 1. The van der Waals surface area contributed by atoms with E-state index >= 15 is 0 Å². The summed E-state index contributed by atoms with van der Waals surface area (Å²) in [5.74, 6) is -0.400. The van der Waals surface area contributed by atoms with Crippen LogP contribution in [0.5, 0.6) is 0 Å². The van der Waals surface area contributed by atoms with Crippen molar-refractivity contribution in [2.75, 3.05) is 35.2 Å². The first kappa shape index (κ1) is 23.4. The number of amides is 2. The number of benzene rings is 2. The van der Waals surface area contributed by atoms with Crippen LogP contribution in [0.25, 0.3) is 11.0 Å². The number of anilines is 3. The fourth-order valence-electron chi connectivity index (χ4n) is 4.47. The number of aryl methyl sites for hydroxylation is 2. The first-order chi connectivity index (χ1) is 16.5. The lowest BCUT2D eigenvalue weighted by atomic mass is 10.2. The first-order valence-electron chi connectivity index (χ1n) is 11.8. The van der Waals surface area contributed by atoms with E-state index in [2.05, 4.69) is 15.5 Å². The number of imidazole rings is 1. The predicted octanol–water partition coefficient (Wildman–Crippen LogP) is 4.26. The molecule has 0 unspecified atom stereocenters. The van der Waals surface area contributed by atoms with Crippen molar-refractivity contribution < 1.29 is 14.3 Å². The van der Waals surface area contributed by atoms with Crippen LogP contribution in [-0.2, 0) is 17.8 Å². The van der Waals surface area contributed by atoms with Crippen LogP contribution in [0.2, 0.25) is 0 Å². The number of carbonyl (C=O) groups excluding carboxylic acids is 2. The minimum Gasteiger partial charge on any atom is -0.462 e. The average Bonchev–Trinajstić information content (AvgIpc) is 3.44. The van der Waals surface area contributed by atoms with Gasteiger partial charge in [0.1, 0.15) is 0 Å². The minimum atomic E-state index is -0.400. The molecule has 0 aliphatic carbocycles. The van der Waals surface area contributed by atoms with E-state index in [1.54, 1.807) is 40.3 Å². The Morgan fingerprint density at radius 3 is 2.12 bits per heavy atom. The van der Waals surface area contributed by atoms with E-state index in [-0.39, 0.29) is 5.69 Å². The van der Waals surface area contributed by atoms with Gasteiger partial charge < -0.3 is 20.3 Å². The number of aromatic nitrogens is 2. The molecule has 34 heavy (non-hydrogen) atoms. The van der Waals surface area contributed by atoms with Crippen molar-refractivity contribution in [3.8, 4) is 0 Å². The van der Waals surface area contributed by atoms with Gasteiger partial charge in [-0.15, -0.1) is 0 Å². The standard InChI is InChI=1S/C25H31N5O4/c1-4-29-21-15-19(20(28-13-7-8-14-28)16-22(21)30(5-2)25(29)33)27-24(32)26-18-11-9-17(10-12-18)23(31)34-6-3/h9-12,15-16H,4-8,13-14H2,1-3H3,(H2,26,27,32). The molecule has 2 heterocycles. The summed E-state index contributed by atoms with van der Waals surface area (Å²) in [4.78, 5) is 39.8. The summed E-state index contributed by atoms with van der Waals surface area (Å²) in [6, 6.07) is 10.1. The highest BCUT2D eigenvalue weighted by Gasteiger charge is 2.21. The van der Waals surface area contributed by atoms with E-state index in [1.165, 1.54) is 0 Å². The summed E-state index contributed by atoms with van der Waals surface area (Å²) < 4.78 is 8.49. The van der Waals surface area contributed by atoms with Gasteiger partial charge in [0.2, 0.25) is 0 Å². The fraction of sp³-hybridized carbons (Fsp3) is 0.400. The van der Waals surface area contributed by atoms with Crippen LogP contribution in [-0.4, -0.2) is 40.8 Å². The summed E-state index contributed by atoms with van der Waals surface area (Å²) in [6.07, 6.45) is 2.18. The number of fused-ring (bicyclic) bond motifs is 1. The van der Waals surface area contributed by atoms with E-state index < -0.39 is 12.0 Å². The molecule has 0 bridgehead atoms. The maximum absolute atomic E-state index is 12.9. The van der Waals surface area contributed by atoms with Gasteiger partial charge in [-0.3, -0.25) is 9.13 Å². The molecule has 1 fully saturated rings. The van der Waals surface area contributed by atoms with Crippen molar-refractivity contribution in [1.82, 2.24) is 9.13 Å². The molecule has 2 N–H and O–H groups in total. The Morgan fingerprint density at radius 2 is 1.53 bits per heavy atom. The Hall–Kier alpha value is -3.75. The summed E-state index contributed by atoms with van der Waals surface area (Å²) in [6.45, 7) is 8.89. The lowest BCUT2D eigenvalue weighted by Gasteiger charge is -2.22. The van der Waals surface area contributed by atoms with E-state index in [4.69, 9.17) is 4.74 Å². The SMILES string of the molecule is CCOC(=O)c1ccc(NC(=O)Nc2cc3c(cc2N2CCCC2)n(CC)c(=O)n3CC)cc1. The van der Waals surface area contributed by atoms with Crippen molar-refractivity contribution in [3.05, 3.63) is 52.4 Å². The maximum Gasteiger partial charge on any atom is 0.338 e.